The van der Waals surface area contributed by atoms with Crippen molar-refractivity contribution >= 4 is 11.9 Å². The standard InChI is InChI=1S/C12H21NO3/c1-3-13(8-7-12(15)16-2)11(14)9-10-5-4-6-10/h10H,3-9H2,1-2H3. The number of rotatable bonds is 6. The van der Waals surface area contributed by atoms with E-state index in [1.165, 1.54) is 26.4 Å². The number of carbonyl (C=O) groups is 2. The second kappa shape index (κ2) is 6.51. The van der Waals surface area contributed by atoms with Gasteiger partial charge in [0, 0.05) is 19.5 Å². The quantitative estimate of drug-likeness (QED) is 0.647. The van der Waals surface area contributed by atoms with Crippen LogP contribution in [0.2, 0.25) is 0 Å². The Morgan fingerprint density at radius 1 is 1.38 bits per heavy atom. The van der Waals surface area contributed by atoms with Gasteiger partial charge >= 0.3 is 5.97 Å². The average molecular weight is 227 g/mol. The molecule has 0 saturated heterocycles. The first-order valence-corrected chi connectivity index (χ1v) is 6.02. The molecule has 4 heteroatoms. The van der Waals surface area contributed by atoms with Crippen LogP contribution in [0.15, 0.2) is 0 Å². The van der Waals surface area contributed by atoms with E-state index < -0.39 is 0 Å². The summed E-state index contributed by atoms with van der Waals surface area (Å²) in [7, 11) is 1.37. The van der Waals surface area contributed by atoms with Gasteiger partial charge in [-0.05, 0) is 25.7 Å². The number of carbonyl (C=O) groups excluding carboxylic acids is 2. The lowest BCUT2D eigenvalue weighted by Crippen LogP contribution is -2.35. The van der Waals surface area contributed by atoms with Gasteiger partial charge in [-0.15, -0.1) is 0 Å². The molecule has 0 spiro atoms. The SMILES string of the molecule is CCN(CCC(=O)OC)C(=O)CC1CCC1. The first-order chi connectivity index (χ1) is 7.67. The molecule has 0 unspecified atom stereocenters. The van der Waals surface area contributed by atoms with E-state index in [2.05, 4.69) is 4.74 Å². The topological polar surface area (TPSA) is 46.6 Å². The maximum atomic E-state index is 11.9. The Hall–Kier alpha value is -1.06. The largest absolute Gasteiger partial charge is 0.469 e. The van der Waals surface area contributed by atoms with Crippen LogP contribution in [0.1, 0.15) is 39.0 Å². The van der Waals surface area contributed by atoms with E-state index in [-0.39, 0.29) is 11.9 Å². The molecule has 0 aromatic rings. The fourth-order valence-electron chi connectivity index (χ4n) is 1.86. The van der Waals surface area contributed by atoms with E-state index in [0.29, 0.717) is 31.8 Å². The van der Waals surface area contributed by atoms with Crippen LogP contribution in [0.5, 0.6) is 0 Å². The van der Waals surface area contributed by atoms with Gasteiger partial charge in [-0.1, -0.05) is 6.42 Å². The Morgan fingerprint density at radius 2 is 2.06 bits per heavy atom. The summed E-state index contributed by atoms with van der Waals surface area (Å²) in [5.41, 5.74) is 0. The number of hydrogen-bond donors (Lipinski definition) is 0. The molecule has 1 aliphatic rings. The number of hydrogen-bond acceptors (Lipinski definition) is 3. The predicted octanol–water partition coefficient (Wildman–Crippen LogP) is 1.59. The summed E-state index contributed by atoms with van der Waals surface area (Å²) in [6, 6.07) is 0. The van der Waals surface area contributed by atoms with Crippen molar-refractivity contribution in [1.82, 2.24) is 4.90 Å². The molecule has 0 aromatic carbocycles. The van der Waals surface area contributed by atoms with E-state index >= 15 is 0 Å². The fourth-order valence-corrected chi connectivity index (χ4v) is 1.86. The van der Waals surface area contributed by atoms with Crippen LogP contribution in [0.4, 0.5) is 0 Å². The van der Waals surface area contributed by atoms with Crippen molar-refractivity contribution in [1.29, 1.82) is 0 Å². The highest BCUT2D eigenvalue weighted by Crippen LogP contribution is 2.29. The van der Waals surface area contributed by atoms with Gasteiger partial charge in [0.05, 0.1) is 13.5 Å². The molecule has 1 saturated carbocycles. The van der Waals surface area contributed by atoms with E-state index in [0.717, 1.165) is 0 Å². The van der Waals surface area contributed by atoms with Crippen molar-refractivity contribution in [2.24, 2.45) is 5.92 Å². The summed E-state index contributed by atoms with van der Waals surface area (Å²) in [6.45, 7) is 3.09. The zero-order chi connectivity index (χ0) is 12.0. The number of nitrogens with zero attached hydrogens (tertiary/aromatic N) is 1. The molecule has 0 aromatic heterocycles. The van der Waals surface area contributed by atoms with Crippen LogP contribution in [0.25, 0.3) is 0 Å². The second-order valence-electron chi connectivity index (χ2n) is 4.30. The molecule has 1 fully saturated rings. The molecule has 1 aliphatic carbocycles. The van der Waals surface area contributed by atoms with Gasteiger partial charge in [-0.3, -0.25) is 9.59 Å². The number of amides is 1. The van der Waals surface area contributed by atoms with Crippen LogP contribution in [-0.2, 0) is 14.3 Å². The summed E-state index contributed by atoms with van der Waals surface area (Å²) >= 11 is 0. The molecule has 0 radical (unpaired) electrons. The highest BCUT2D eigenvalue weighted by Gasteiger charge is 2.23. The van der Waals surface area contributed by atoms with Crippen LogP contribution in [0, 0.1) is 5.92 Å². The van der Waals surface area contributed by atoms with Crippen molar-refractivity contribution in [3.8, 4) is 0 Å². The van der Waals surface area contributed by atoms with Crippen LogP contribution >= 0.6 is 0 Å². The molecule has 0 N–H and O–H groups in total. The molecule has 92 valence electrons. The minimum Gasteiger partial charge on any atom is -0.469 e. The van der Waals surface area contributed by atoms with E-state index in [9.17, 15) is 9.59 Å². The van der Waals surface area contributed by atoms with Crippen molar-refractivity contribution in [3.63, 3.8) is 0 Å². The van der Waals surface area contributed by atoms with Gasteiger partial charge in [-0.2, -0.15) is 0 Å². The van der Waals surface area contributed by atoms with Crippen LogP contribution in [-0.4, -0.2) is 37.0 Å². The van der Waals surface area contributed by atoms with Gasteiger partial charge in [0.2, 0.25) is 5.91 Å². The normalized spacial score (nSPS) is 15.4. The Morgan fingerprint density at radius 3 is 2.50 bits per heavy atom. The maximum Gasteiger partial charge on any atom is 0.307 e. The van der Waals surface area contributed by atoms with Gasteiger partial charge in [-0.25, -0.2) is 0 Å². The predicted molar refractivity (Wildman–Crippen MR) is 60.8 cm³/mol. The summed E-state index contributed by atoms with van der Waals surface area (Å²) in [6.07, 6.45) is 4.56. The monoisotopic (exact) mass is 227 g/mol. The van der Waals surface area contributed by atoms with Crippen molar-refractivity contribution in [2.75, 3.05) is 20.2 Å². The molecule has 0 atom stereocenters. The van der Waals surface area contributed by atoms with Crippen molar-refractivity contribution in [3.05, 3.63) is 0 Å². The smallest absolute Gasteiger partial charge is 0.307 e. The highest BCUT2D eigenvalue weighted by molar-refractivity contribution is 5.77. The van der Waals surface area contributed by atoms with Gasteiger partial charge < -0.3 is 9.64 Å². The van der Waals surface area contributed by atoms with E-state index in [4.69, 9.17) is 0 Å². The maximum absolute atomic E-state index is 11.9. The first kappa shape index (κ1) is 13.0. The molecule has 16 heavy (non-hydrogen) atoms. The van der Waals surface area contributed by atoms with E-state index in [1.807, 2.05) is 6.92 Å². The zero-order valence-corrected chi connectivity index (χ0v) is 10.2. The van der Waals surface area contributed by atoms with E-state index in [1.54, 1.807) is 4.90 Å². The molecule has 4 nitrogen and oxygen atoms in total. The Labute approximate surface area is 96.9 Å². The summed E-state index contributed by atoms with van der Waals surface area (Å²) in [4.78, 5) is 24.6. The minimum atomic E-state index is -0.255. The summed E-state index contributed by atoms with van der Waals surface area (Å²) in [5, 5.41) is 0. The van der Waals surface area contributed by atoms with Gasteiger partial charge in [0.1, 0.15) is 0 Å². The molecule has 0 aliphatic heterocycles. The lowest BCUT2D eigenvalue weighted by atomic mass is 9.82. The van der Waals surface area contributed by atoms with Gasteiger partial charge in [0.15, 0.2) is 0 Å². The third kappa shape index (κ3) is 3.83. The van der Waals surface area contributed by atoms with Crippen LogP contribution < -0.4 is 0 Å². The third-order valence-corrected chi connectivity index (χ3v) is 3.24. The number of esters is 1. The van der Waals surface area contributed by atoms with Crippen molar-refractivity contribution in [2.45, 2.75) is 39.0 Å². The summed E-state index contributed by atoms with van der Waals surface area (Å²) in [5.74, 6) is 0.505. The average Bonchev–Trinajstić information content (AvgIpc) is 2.23. The Bertz CT molecular complexity index is 249. The fraction of sp³-hybridized carbons (Fsp3) is 0.833. The lowest BCUT2D eigenvalue weighted by molar-refractivity contribution is -0.141. The molecule has 0 bridgehead atoms. The highest BCUT2D eigenvalue weighted by atomic mass is 16.5. The first-order valence-electron chi connectivity index (χ1n) is 6.02. The molecule has 0 heterocycles. The lowest BCUT2D eigenvalue weighted by Gasteiger charge is -2.28. The van der Waals surface area contributed by atoms with Crippen molar-refractivity contribution < 1.29 is 14.3 Å². The third-order valence-electron chi connectivity index (χ3n) is 3.24. The zero-order valence-electron chi connectivity index (χ0n) is 10.2. The number of ether oxygens (including phenoxy) is 1. The Kier molecular flexibility index (Phi) is 5.29. The molecular weight excluding hydrogens is 206 g/mol. The molecule has 1 rings (SSSR count). The number of methoxy groups -OCH3 is 1. The second-order valence-corrected chi connectivity index (χ2v) is 4.30. The van der Waals surface area contributed by atoms with Gasteiger partial charge in [0.25, 0.3) is 0 Å². The molecule has 1 amide bonds. The minimum absolute atomic E-state index is 0.177. The Balaban J connectivity index is 2.27. The summed E-state index contributed by atoms with van der Waals surface area (Å²) < 4.78 is 4.56. The van der Waals surface area contributed by atoms with Crippen LogP contribution in [0.3, 0.4) is 0 Å². The molecular formula is C12H21NO3.